The highest BCUT2D eigenvalue weighted by Gasteiger charge is 2.11. The molecule has 2 aromatic heterocycles. The Labute approximate surface area is 108 Å². The zero-order valence-electron chi connectivity index (χ0n) is 9.44. The molecule has 0 saturated heterocycles. The zero-order valence-corrected chi connectivity index (χ0v) is 11.0. The second kappa shape index (κ2) is 6.07. The van der Waals surface area contributed by atoms with Crippen LogP contribution in [0.15, 0.2) is 10.8 Å². The molecular formula is C10H13ClN4OS. The van der Waals surface area contributed by atoms with Gasteiger partial charge in [-0.05, 0) is 19.1 Å². The van der Waals surface area contributed by atoms with E-state index in [-0.39, 0.29) is 0 Å². The molecule has 0 aromatic carbocycles. The highest BCUT2D eigenvalue weighted by atomic mass is 35.5. The van der Waals surface area contributed by atoms with Gasteiger partial charge in [0.1, 0.15) is 5.82 Å². The van der Waals surface area contributed by atoms with Gasteiger partial charge in [0.2, 0.25) is 0 Å². The molecule has 0 radical (unpaired) electrons. The number of hydrogen-bond acceptors (Lipinski definition) is 5. The van der Waals surface area contributed by atoms with Gasteiger partial charge in [-0.2, -0.15) is 11.8 Å². The van der Waals surface area contributed by atoms with Crippen molar-refractivity contribution in [2.24, 2.45) is 0 Å². The highest BCUT2D eigenvalue weighted by molar-refractivity contribution is 7.98. The quantitative estimate of drug-likeness (QED) is 0.647. The van der Waals surface area contributed by atoms with E-state index in [9.17, 15) is 0 Å². The van der Waals surface area contributed by atoms with E-state index in [2.05, 4.69) is 20.2 Å². The average molecular weight is 273 g/mol. The van der Waals surface area contributed by atoms with E-state index < -0.39 is 0 Å². The molecule has 2 rings (SSSR count). The summed E-state index contributed by atoms with van der Waals surface area (Å²) in [7, 11) is 0. The van der Waals surface area contributed by atoms with Crippen LogP contribution in [-0.4, -0.2) is 31.8 Å². The fourth-order valence-corrected chi connectivity index (χ4v) is 2.43. The summed E-state index contributed by atoms with van der Waals surface area (Å²) < 4.78 is 5.24. The lowest BCUT2D eigenvalue weighted by atomic mass is 10.3. The van der Waals surface area contributed by atoms with Crippen LogP contribution < -0.4 is 0 Å². The number of hydrogen-bond donors (Lipinski definition) is 1. The summed E-state index contributed by atoms with van der Waals surface area (Å²) in [6.07, 6.45) is 2.41. The standard InChI is InChI=1S/C10H13ClN4OS/c1-7-9(16-6-12-7)10-13-8(14-15-10)5-17-4-2-3-11/h6H,2-5H2,1H3,(H,13,14,15). The number of alkyl halides is 1. The molecular weight excluding hydrogens is 260 g/mol. The van der Waals surface area contributed by atoms with E-state index >= 15 is 0 Å². The molecule has 7 heteroatoms. The van der Waals surface area contributed by atoms with E-state index in [1.165, 1.54) is 6.39 Å². The molecule has 0 atom stereocenters. The number of thioether (sulfide) groups is 1. The van der Waals surface area contributed by atoms with Gasteiger partial charge in [0.25, 0.3) is 0 Å². The van der Waals surface area contributed by atoms with Crippen LogP contribution in [0.5, 0.6) is 0 Å². The van der Waals surface area contributed by atoms with Crippen molar-refractivity contribution in [2.45, 2.75) is 19.1 Å². The van der Waals surface area contributed by atoms with Gasteiger partial charge in [-0.15, -0.1) is 21.8 Å². The van der Waals surface area contributed by atoms with Crippen molar-refractivity contribution in [3.05, 3.63) is 17.9 Å². The second-order valence-electron chi connectivity index (χ2n) is 3.48. The van der Waals surface area contributed by atoms with E-state index in [0.29, 0.717) is 17.5 Å². The lowest BCUT2D eigenvalue weighted by Gasteiger charge is -1.95. The molecule has 5 nitrogen and oxygen atoms in total. The van der Waals surface area contributed by atoms with E-state index in [1.807, 2.05) is 6.92 Å². The Morgan fingerprint density at radius 1 is 1.47 bits per heavy atom. The molecule has 0 aliphatic heterocycles. The van der Waals surface area contributed by atoms with Crippen molar-refractivity contribution in [3.63, 3.8) is 0 Å². The van der Waals surface area contributed by atoms with Crippen molar-refractivity contribution in [1.82, 2.24) is 20.2 Å². The monoisotopic (exact) mass is 272 g/mol. The maximum absolute atomic E-state index is 5.60. The highest BCUT2D eigenvalue weighted by Crippen LogP contribution is 2.19. The normalized spacial score (nSPS) is 10.9. The molecule has 0 spiro atoms. The molecule has 2 heterocycles. The smallest absolute Gasteiger partial charge is 0.199 e. The Balaban J connectivity index is 1.95. The first kappa shape index (κ1) is 12.4. The number of aryl methyl sites for hydroxylation is 1. The maximum Gasteiger partial charge on any atom is 0.199 e. The number of nitrogens with one attached hydrogen (secondary N) is 1. The van der Waals surface area contributed by atoms with Crippen LogP contribution in [0.3, 0.4) is 0 Å². The lowest BCUT2D eigenvalue weighted by Crippen LogP contribution is -1.87. The minimum atomic E-state index is 0.632. The topological polar surface area (TPSA) is 67.6 Å². The Hall–Kier alpha value is -1.01. The minimum Gasteiger partial charge on any atom is -0.440 e. The van der Waals surface area contributed by atoms with Gasteiger partial charge in [0, 0.05) is 5.88 Å². The Morgan fingerprint density at radius 2 is 2.35 bits per heavy atom. The van der Waals surface area contributed by atoms with Gasteiger partial charge in [-0.1, -0.05) is 0 Å². The van der Waals surface area contributed by atoms with Gasteiger partial charge < -0.3 is 9.40 Å². The summed E-state index contributed by atoms with van der Waals surface area (Å²) in [5.74, 6) is 4.65. The van der Waals surface area contributed by atoms with E-state index in [1.54, 1.807) is 11.8 Å². The van der Waals surface area contributed by atoms with Crippen molar-refractivity contribution in [3.8, 4) is 11.6 Å². The van der Waals surface area contributed by atoms with E-state index in [4.69, 9.17) is 16.0 Å². The molecule has 0 amide bonds. The van der Waals surface area contributed by atoms with Crippen molar-refractivity contribution < 1.29 is 4.42 Å². The fourth-order valence-electron chi connectivity index (χ4n) is 1.32. The fraction of sp³-hybridized carbons (Fsp3) is 0.500. The molecule has 0 bridgehead atoms. The Bertz CT molecular complexity index is 470. The molecule has 0 fully saturated rings. The van der Waals surface area contributed by atoms with Gasteiger partial charge >= 0.3 is 0 Å². The SMILES string of the molecule is Cc1ncoc1-c1nnc(CSCCCCl)[nH]1. The maximum atomic E-state index is 5.60. The predicted molar refractivity (Wildman–Crippen MR) is 68.1 cm³/mol. The first-order chi connectivity index (χ1) is 8.31. The van der Waals surface area contributed by atoms with Crippen LogP contribution in [0.25, 0.3) is 11.6 Å². The Morgan fingerprint density at radius 3 is 3.06 bits per heavy atom. The number of aromatic amines is 1. The molecule has 0 saturated carbocycles. The third-order valence-corrected chi connectivity index (χ3v) is 3.48. The van der Waals surface area contributed by atoms with Gasteiger partial charge in [-0.25, -0.2) is 4.98 Å². The number of H-pyrrole nitrogens is 1. The number of rotatable bonds is 6. The summed E-state index contributed by atoms with van der Waals surface area (Å²) in [4.78, 5) is 7.14. The summed E-state index contributed by atoms with van der Waals surface area (Å²) in [5, 5.41) is 8.10. The third-order valence-electron chi connectivity index (χ3n) is 2.16. The van der Waals surface area contributed by atoms with Gasteiger partial charge in [-0.3, -0.25) is 0 Å². The van der Waals surface area contributed by atoms with Crippen LogP contribution in [-0.2, 0) is 5.75 Å². The molecule has 2 aromatic rings. The summed E-state index contributed by atoms with van der Waals surface area (Å²) >= 11 is 7.39. The van der Waals surface area contributed by atoms with Crippen LogP contribution in [0, 0.1) is 6.92 Å². The van der Waals surface area contributed by atoms with Crippen molar-refractivity contribution in [1.29, 1.82) is 0 Å². The molecule has 17 heavy (non-hydrogen) atoms. The van der Waals surface area contributed by atoms with Crippen molar-refractivity contribution >= 4 is 23.4 Å². The summed E-state index contributed by atoms with van der Waals surface area (Å²) in [5.41, 5.74) is 0.808. The molecule has 0 aliphatic rings. The molecule has 0 unspecified atom stereocenters. The summed E-state index contributed by atoms with van der Waals surface area (Å²) in [6.45, 7) is 1.87. The molecule has 92 valence electrons. The number of halogens is 1. The van der Waals surface area contributed by atoms with Crippen LogP contribution in [0.1, 0.15) is 17.9 Å². The van der Waals surface area contributed by atoms with Gasteiger partial charge in [0.05, 0.1) is 11.4 Å². The van der Waals surface area contributed by atoms with Crippen LogP contribution >= 0.6 is 23.4 Å². The first-order valence-corrected chi connectivity index (χ1v) is 6.96. The van der Waals surface area contributed by atoms with Crippen LogP contribution in [0.4, 0.5) is 0 Å². The summed E-state index contributed by atoms with van der Waals surface area (Å²) in [6, 6.07) is 0. The molecule has 0 aliphatic carbocycles. The predicted octanol–water partition coefficient (Wildman–Crippen LogP) is 2.63. The average Bonchev–Trinajstić information content (AvgIpc) is 2.93. The first-order valence-electron chi connectivity index (χ1n) is 5.27. The largest absolute Gasteiger partial charge is 0.440 e. The van der Waals surface area contributed by atoms with Crippen LogP contribution in [0.2, 0.25) is 0 Å². The second-order valence-corrected chi connectivity index (χ2v) is 4.97. The number of oxazole rings is 1. The molecule has 1 N–H and O–H groups in total. The van der Waals surface area contributed by atoms with Gasteiger partial charge in [0.15, 0.2) is 18.0 Å². The van der Waals surface area contributed by atoms with Crippen molar-refractivity contribution in [2.75, 3.05) is 11.6 Å². The minimum absolute atomic E-state index is 0.632. The zero-order chi connectivity index (χ0) is 12.1. The van der Waals surface area contributed by atoms with E-state index in [0.717, 1.165) is 29.4 Å². The Kier molecular flexibility index (Phi) is 4.44. The number of aromatic nitrogens is 4. The lowest BCUT2D eigenvalue weighted by molar-refractivity contribution is 0.567. The third kappa shape index (κ3) is 3.23. The number of nitrogens with zero attached hydrogens (tertiary/aromatic N) is 3.